The highest BCUT2D eigenvalue weighted by Gasteiger charge is 2.60. The molecule has 4 aliphatic rings. The maximum atomic E-state index is 12.7. The lowest BCUT2D eigenvalue weighted by Crippen LogP contribution is -2.55. The number of rotatable bonds is 6. The molecule has 4 rings (SSSR count). The second kappa shape index (κ2) is 8.15. The second-order valence-electron chi connectivity index (χ2n) is 11.3. The summed E-state index contributed by atoms with van der Waals surface area (Å²) >= 11 is 0. The Bertz CT molecular complexity index is 703. The number of hydrogen-bond acceptors (Lipinski definition) is 3. The van der Waals surface area contributed by atoms with Crippen LogP contribution < -0.4 is 0 Å². The van der Waals surface area contributed by atoms with Gasteiger partial charge >= 0.3 is 0 Å². The van der Waals surface area contributed by atoms with Crippen molar-refractivity contribution in [2.24, 2.45) is 28.6 Å². The summed E-state index contributed by atoms with van der Waals surface area (Å²) in [5, 5.41) is 10.8. The van der Waals surface area contributed by atoms with Crippen LogP contribution in [0.3, 0.4) is 0 Å². The predicted molar refractivity (Wildman–Crippen MR) is 125 cm³/mol. The van der Waals surface area contributed by atoms with Crippen molar-refractivity contribution < 1.29 is 14.3 Å². The van der Waals surface area contributed by atoms with Crippen LogP contribution in [-0.4, -0.2) is 31.9 Å². The molecular formula is C26H44O3Si. The van der Waals surface area contributed by atoms with E-state index in [0.29, 0.717) is 30.0 Å². The number of fused-ring (bicyclic) bond motifs is 5. The van der Waals surface area contributed by atoms with Crippen molar-refractivity contribution in [3.8, 4) is 0 Å². The Morgan fingerprint density at radius 1 is 1.00 bits per heavy atom. The van der Waals surface area contributed by atoms with E-state index in [1.165, 1.54) is 43.0 Å². The van der Waals surface area contributed by atoms with Gasteiger partial charge in [0.15, 0.2) is 14.1 Å². The minimum absolute atomic E-state index is 0.0769. The van der Waals surface area contributed by atoms with E-state index >= 15 is 0 Å². The average Bonchev–Trinajstić information content (AvgIpc) is 3.07. The largest absolute Gasteiger partial charge is 0.416 e. The third-order valence-electron chi connectivity index (χ3n) is 10.7. The maximum absolute atomic E-state index is 12.7. The summed E-state index contributed by atoms with van der Waals surface area (Å²) in [4.78, 5) is 12.7. The Morgan fingerprint density at radius 2 is 1.70 bits per heavy atom. The Labute approximate surface area is 185 Å². The first-order valence-corrected chi connectivity index (χ1v) is 15.4. The molecule has 170 valence electrons. The van der Waals surface area contributed by atoms with Crippen LogP contribution >= 0.6 is 0 Å². The van der Waals surface area contributed by atoms with Crippen molar-refractivity contribution in [2.75, 3.05) is 6.61 Å². The molecule has 6 atom stereocenters. The van der Waals surface area contributed by atoms with Crippen LogP contribution in [0.15, 0.2) is 11.1 Å². The Hall–Kier alpha value is -0.453. The van der Waals surface area contributed by atoms with E-state index in [0.717, 1.165) is 37.9 Å². The molecule has 0 bridgehead atoms. The van der Waals surface area contributed by atoms with Gasteiger partial charge in [-0.05, 0) is 98.7 Å². The molecule has 4 heteroatoms. The van der Waals surface area contributed by atoms with E-state index in [2.05, 4.69) is 34.6 Å². The van der Waals surface area contributed by atoms with Gasteiger partial charge in [-0.1, -0.05) is 33.3 Å². The second-order valence-corrected chi connectivity index (χ2v) is 16.0. The molecule has 3 fully saturated rings. The molecule has 0 radical (unpaired) electrons. The molecule has 0 spiro atoms. The fourth-order valence-electron chi connectivity index (χ4n) is 8.33. The highest BCUT2D eigenvalue weighted by atomic mass is 28.4. The molecule has 30 heavy (non-hydrogen) atoms. The molecule has 0 aromatic carbocycles. The average molecular weight is 433 g/mol. The molecule has 0 aliphatic heterocycles. The van der Waals surface area contributed by atoms with Crippen LogP contribution in [0.4, 0.5) is 0 Å². The predicted octanol–water partition coefficient (Wildman–Crippen LogP) is 6.27. The lowest BCUT2D eigenvalue weighted by Gasteiger charge is -2.59. The van der Waals surface area contributed by atoms with E-state index in [1.807, 2.05) is 0 Å². The van der Waals surface area contributed by atoms with E-state index in [9.17, 15) is 9.90 Å². The summed E-state index contributed by atoms with van der Waals surface area (Å²) in [5.41, 5.74) is 2.72. The van der Waals surface area contributed by atoms with Gasteiger partial charge in [0, 0.05) is 18.4 Å². The summed E-state index contributed by atoms with van der Waals surface area (Å²) < 4.78 is 7.01. The van der Waals surface area contributed by atoms with Gasteiger partial charge in [-0.15, -0.1) is 0 Å². The van der Waals surface area contributed by atoms with Crippen LogP contribution in [0.5, 0.6) is 0 Å². The smallest absolute Gasteiger partial charge is 0.192 e. The van der Waals surface area contributed by atoms with Crippen molar-refractivity contribution in [1.82, 2.24) is 0 Å². The molecule has 0 saturated heterocycles. The molecule has 4 aliphatic carbocycles. The molecule has 0 amide bonds. The summed E-state index contributed by atoms with van der Waals surface area (Å²) in [6.07, 6.45) is 8.35. The third kappa shape index (κ3) is 3.23. The first kappa shape index (κ1) is 22.7. The van der Waals surface area contributed by atoms with Crippen LogP contribution in [-0.2, 0) is 9.22 Å². The Kier molecular flexibility index (Phi) is 6.18. The van der Waals surface area contributed by atoms with Gasteiger partial charge in [0.1, 0.15) is 0 Å². The zero-order valence-corrected chi connectivity index (χ0v) is 21.1. The number of ketones is 1. The number of hydrogen-bond donors (Lipinski definition) is 1. The van der Waals surface area contributed by atoms with Gasteiger partial charge in [-0.25, -0.2) is 0 Å². The van der Waals surface area contributed by atoms with Crippen molar-refractivity contribution in [2.45, 2.75) is 110 Å². The number of aliphatic hydroxyl groups excluding tert-OH is 1. The third-order valence-corrected chi connectivity index (χ3v) is 15.3. The molecule has 3 nitrogen and oxygen atoms in total. The number of carbonyl (C=O) groups excluding carboxylic acids is 1. The topological polar surface area (TPSA) is 46.5 Å². The minimum atomic E-state index is -1.68. The zero-order chi connectivity index (χ0) is 21.7. The Morgan fingerprint density at radius 3 is 2.37 bits per heavy atom. The number of aliphatic hydroxyl groups is 1. The molecule has 0 heterocycles. The molecular weight excluding hydrogens is 388 g/mol. The van der Waals surface area contributed by atoms with Crippen LogP contribution in [0.25, 0.3) is 0 Å². The molecule has 3 saturated carbocycles. The summed E-state index contributed by atoms with van der Waals surface area (Å²) in [6, 6.07) is 3.57. The standard InChI is InChI=1S/C26H44O3Si/c1-6-30(7-2,8-3)29-17-26-16-14-23(27)18(4)20(26)10-9-19-21-11-12-24(28)25(21,5)15-13-22(19)26/h19,21-22,24,28H,6-17H2,1-5H3/t19-,21-,22+,24?,25-,26+/m0/s1. The Balaban J connectivity index is 1.71. The quantitative estimate of drug-likeness (QED) is 0.503. The summed E-state index contributed by atoms with van der Waals surface area (Å²) in [7, 11) is -1.68. The monoisotopic (exact) mass is 432 g/mol. The fourth-order valence-corrected chi connectivity index (χ4v) is 11.0. The van der Waals surface area contributed by atoms with Gasteiger partial charge in [0.05, 0.1) is 6.10 Å². The summed E-state index contributed by atoms with van der Waals surface area (Å²) in [6.45, 7) is 12.3. The van der Waals surface area contributed by atoms with Crippen molar-refractivity contribution >= 4 is 14.1 Å². The minimum Gasteiger partial charge on any atom is -0.416 e. The fraction of sp³-hybridized carbons (Fsp3) is 0.885. The van der Waals surface area contributed by atoms with Crippen molar-refractivity contribution in [1.29, 1.82) is 0 Å². The summed E-state index contributed by atoms with van der Waals surface area (Å²) in [5.74, 6) is 2.34. The van der Waals surface area contributed by atoms with Gasteiger partial charge in [-0.3, -0.25) is 4.79 Å². The van der Waals surface area contributed by atoms with Gasteiger partial charge in [0.2, 0.25) is 0 Å². The lowest BCUT2D eigenvalue weighted by molar-refractivity contribution is -0.121. The van der Waals surface area contributed by atoms with Gasteiger partial charge in [-0.2, -0.15) is 0 Å². The van der Waals surface area contributed by atoms with Crippen molar-refractivity contribution in [3.63, 3.8) is 0 Å². The SMILES string of the molecule is CC[Si](CC)(CC)OC[C@]12CCC(=O)C(C)=C1CC[C@@H]1[C@H]2CC[C@]2(C)C(O)CC[C@@H]12. The lowest BCUT2D eigenvalue weighted by atomic mass is 9.46. The van der Waals surface area contributed by atoms with Crippen LogP contribution in [0.2, 0.25) is 18.1 Å². The van der Waals surface area contributed by atoms with E-state index < -0.39 is 8.32 Å². The molecule has 0 aromatic rings. The molecule has 1 N–H and O–H groups in total. The highest BCUT2D eigenvalue weighted by Crippen LogP contribution is 2.66. The highest BCUT2D eigenvalue weighted by molar-refractivity contribution is 6.73. The normalized spacial score (nSPS) is 41.5. The van der Waals surface area contributed by atoms with Crippen LogP contribution in [0, 0.1) is 28.6 Å². The first-order chi connectivity index (χ1) is 14.3. The number of carbonyl (C=O) groups is 1. The van der Waals surface area contributed by atoms with Gasteiger partial charge in [0.25, 0.3) is 0 Å². The maximum Gasteiger partial charge on any atom is 0.192 e. The first-order valence-electron chi connectivity index (χ1n) is 12.8. The molecule has 0 aromatic heterocycles. The van der Waals surface area contributed by atoms with E-state index in [1.54, 1.807) is 0 Å². The van der Waals surface area contributed by atoms with E-state index in [4.69, 9.17) is 4.43 Å². The zero-order valence-electron chi connectivity index (χ0n) is 20.1. The van der Waals surface area contributed by atoms with Crippen LogP contribution in [0.1, 0.15) is 86.0 Å². The van der Waals surface area contributed by atoms with Crippen molar-refractivity contribution in [3.05, 3.63) is 11.1 Å². The number of Topliss-reactive ketones (excluding diaryl/α,β-unsaturated/α-hetero) is 1. The van der Waals surface area contributed by atoms with Gasteiger partial charge < -0.3 is 9.53 Å². The molecule has 1 unspecified atom stereocenters. The van der Waals surface area contributed by atoms with E-state index in [-0.39, 0.29) is 16.9 Å².